The number of urea groups is 1. The zero-order chi connectivity index (χ0) is 9.14. The predicted molar refractivity (Wildman–Crippen MR) is 44.3 cm³/mol. The molecule has 4 nitrogen and oxygen atoms in total. The summed E-state index contributed by atoms with van der Waals surface area (Å²) in [7, 11) is 0. The molecule has 0 aromatic heterocycles. The highest BCUT2D eigenvalue weighted by Gasteiger charge is 2.27. The monoisotopic (exact) mass is 168 g/mol. The van der Waals surface area contributed by atoms with E-state index in [1.54, 1.807) is 0 Å². The second-order valence-electron chi connectivity index (χ2n) is 2.69. The van der Waals surface area contributed by atoms with Gasteiger partial charge in [0.1, 0.15) is 6.54 Å². The van der Waals surface area contributed by atoms with Crippen molar-refractivity contribution in [3.63, 3.8) is 0 Å². The number of carbonyl (C=O) groups is 2. The summed E-state index contributed by atoms with van der Waals surface area (Å²) < 4.78 is 0. The van der Waals surface area contributed by atoms with Crippen LogP contribution < -0.4 is 5.32 Å². The van der Waals surface area contributed by atoms with Gasteiger partial charge in [-0.2, -0.15) is 0 Å². The summed E-state index contributed by atoms with van der Waals surface area (Å²) in [5, 5.41) is 2.21. The lowest BCUT2D eigenvalue weighted by Crippen LogP contribution is -2.26. The first-order valence-corrected chi connectivity index (χ1v) is 3.93. The Morgan fingerprint density at radius 1 is 1.67 bits per heavy atom. The number of hydrogen-bond donors (Lipinski definition) is 1. The fourth-order valence-electron chi connectivity index (χ4n) is 1.13. The van der Waals surface area contributed by atoms with Crippen molar-refractivity contribution in [2.75, 3.05) is 6.54 Å². The van der Waals surface area contributed by atoms with Crippen LogP contribution in [0.2, 0.25) is 0 Å². The van der Waals surface area contributed by atoms with Crippen molar-refractivity contribution in [1.29, 1.82) is 0 Å². The quantitative estimate of drug-likeness (QED) is 0.621. The van der Waals surface area contributed by atoms with Gasteiger partial charge in [-0.1, -0.05) is 13.0 Å². The minimum Gasteiger partial charge on any atom is -0.289 e. The highest BCUT2D eigenvalue weighted by molar-refractivity contribution is 6.02. The van der Waals surface area contributed by atoms with E-state index in [0.717, 1.165) is 12.1 Å². The van der Waals surface area contributed by atoms with Crippen LogP contribution >= 0.6 is 0 Å². The highest BCUT2D eigenvalue weighted by atomic mass is 16.2. The van der Waals surface area contributed by atoms with Gasteiger partial charge in [0.15, 0.2) is 0 Å². The summed E-state index contributed by atoms with van der Waals surface area (Å²) in [6.07, 6.45) is 2.78. The third kappa shape index (κ3) is 1.64. The number of amides is 3. The average Bonchev–Trinajstić information content (AvgIpc) is 2.30. The second kappa shape index (κ2) is 3.38. The first kappa shape index (κ1) is 8.77. The molecule has 12 heavy (non-hydrogen) atoms. The normalized spacial score (nSPS) is 18.5. The Bertz CT molecular complexity index is 245. The maximum atomic E-state index is 11.1. The van der Waals surface area contributed by atoms with Crippen molar-refractivity contribution in [1.82, 2.24) is 10.2 Å². The molecule has 66 valence electrons. The lowest BCUT2D eigenvalue weighted by Gasteiger charge is -2.12. The van der Waals surface area contributed by atoms with Crippen molar-refractivity contribution in [2.24, 2.45) is 0 Å². The van der Waals surface area contributed by atoms with Crippen LogP contribution in [0.5, 0.6) is 0 Å². The Morgan fingerprint density at radius 2 is 2.33 bits per heavy atom. The fraction of sp³-hybridized carbons (Fsp3) is 0.500. The van der Waals surface area contributed by atoms with Crippen LogP contribution in [0.4, 0.5) is 4.79 Å². The zero-order valence-electron chi connectivity index (χ0n) is 7.26. The van der Waals surface area contributed by atoms with Gasteiger partial charge in [0.25, 0.3) is 0 Å². The van der Waals surface area contributed by atoms with Gasteiger partial charge in [-0.3, -0.25) is 15.0 Å². The van der Waals surface area contributed by atoms with Crippen molar-refractivity contribution >= 4 is 11.9 Å². The minimum absolute atomic E-state index is 0.154. The number of nitrogens with one attached hydrogen (secondary N) is 1. The molecule has 1 aliphatic heterocycles. The lowest BCUT2D eigenvalue weighted by molar-refractivity contribution is -0.118. The van der Waals surface area contributed by atoms with Crippen molar-refractivity contribution in [3.05, 3.63) is 11.8 Å². The zero-order valence-corrected chi connectivity index (χ0v) is 7.26. The molecule has 1 N–H and O–H groups in total. The third-order valence-corrected chi connectivity index (χ3v) is 1.72. The van der Waals surface area contributed by atoms with Gasteiger partial charge >= 0.3 is 6.03 Å². The van der Waals surface area contributed by atoms with Gasteiger partial charge < -0.3 is 0 Å². The maximum absolute atomic E-state index is 11.1. The first-order chi connectivity index (χ1) is 5.65. The molecular weight excluding hydrogens is 156 g/mol. The highest BCUT2D eigenvalue weighted by Crippen LogP contribution is 2.08. The SMILES string of the molecule is CCC=C(C)N1CC(=O)NC1=O. The summed E-state index contributed by atoms with van der Waals surface area (Å²) in [5.74, 6) is -0.233. The van der Waals surface area contributed by atoms with Crippen LogP contribution in [-0.2, 0) is 4.79 Å². The Labute approximate surface area is 71.2 Å². The molecule has 0 bridgehead atoms. The molecule has 4 heteroatoms. The topological polar surface area (TPSA) is 49.4 Å². The number of carbonyl (C=O) groups excluding carboxylic acids is 2. The van der Waals surface area contributed by atoms with Crippen LogP contribution in [0.1, 0.15) is 20.3 Å². The van der Waals surface area contributed by atoms with Crippen molar-refractivity contribution in [2.45, 2.75) is 20.3 Å². The number of imide groups is 1. The van der Waals surface area contributed by atoms with Crippen LogP contribution in [0.25, 0.3) is 0 Å². The largest absolute Gasteiger partial charge is 0.328 e. The van der Waals surface area contributed by atoms with E-state index in [4.69, 9.17) is 0 Å². The van der Waals surface area contributed by atoms with Gasteiger partial charge in [0, 0.05) is 5.70 Å². The molecule has 0 radical (unpaired) electrons. The lowest BCUT2D eigenvalue weighted by atomic mass is 10.3. The van der Waals surface area contributed by atoms with Gasteiger partial charge in [0.05, 0.1) is 0 Å². The van der Waals surface area contributed by atoms with E-state index >= 15 is 0 Å². The number of allylic oxidation sites excluding steroid dienone is 2. The molecule has 0 aliphatic carbocycles. The fourth-order valence-corrected chi connectivity index (χ4v) is 1.13. The second-order valence-corrected chi connectivity index (χ2v) is 2.69. The predicted octanol–water partition coefficient (Wildman–Crippen LogP) is 0.852. The summed E-state index contributed by atoms with van der Waals surface area (Å²) >= 11 is 0. The van der Waals surface area contributed by atoms with E-state index < -0.39 is 0 Å². The van der Waals surface area contributed by atoms with Crippen molar-refractivity contribution < 1.29 is 9.59 Å². The van der Waals surface area contributed by atoms with Gasteiger partial charge in [-0.05, 0) is 13.3 Å². The van der Waals surface area contributed by atoms with E-state index in [0.29, 0.717) is 0 Å². The molecule has 1 fully saturated rings. The van der Waals surface area contributed by atoms with Gasteiger partial charge in [0.2, 0.25) is 5.91 Å². The molecule has 0 aromatic carbocycles. The van der Waals surface area contributed by atoms with Crippen LogP contribution in [0.15, 0.2) is 11.8 Å². The van der Waals surface area contributed by atoms with Crippen LogP contribution in [-0.4, -0.2) is 23.4 Å². The third-order valence-electron chi connectivity index (χ3n) is 1.72. The molecule has 1 saturated heterocycles. The van der Waals surface area contributed by atoms with E-state index in [2.05, 4.69) is 5.32 Å². The summed E-state index contributed by atoms with van der Waals surface area (Å²) in [6.45, 7) is 3.96. The average molecular weight is 168 g/mol. The Hall–Kier alpha value is -1.32. The smallest absolute Gasteiger partial charge is 0.289 e. The molecule has 1 heterocycles. The number of hydrogen-bond acceptors (Lipinski definition) is 2. The van der Waals surface area contributed by atoms with E-state index in [1.807, 2.05) is 19.9 Å². The summed E-state index contributed by atoms with van der Waals surface area (Å²) in [6, 6.07) is -0.317. The first-order valence-electron chi connectivity index (χ1n) is 3.93. The van der Waals surface area contributed by atoms with E-state index in [1.165, 1.54) is 4.90 Å². The molecule has 0 atom stereocenters. The molecule has 0 unspecified atom stereocenters. The summed E-state index contributed by atoms with van der Waals surface area (Å²) in [4.78, 5) is 23.3. The minimum atomic E-state index is -0.317. The Balaban J connectivity index is 2.70. The maximum Gasteiger partial charge on any atom is 0.328 e. The summed E-state index contributed by atoms with van der Waals surface area (Å²) in [5.41, 5.74) is 0.834. The van der Waals surface area contributed by atoms with Crippen molar-refractivity contribution in [3.8, 4) is 0 Å². The molecule has 1 aliphatic rings. The molecule has 1 rings (SSSR count). The van der Waals surface area contributed by atoms with E-state index in [9.17, 15) is 9.59 Å². The van der Waals surface area contributed by atoms with Crippen LogP contribution in [0.3, 0.4) is 0 Å². The number of rotatable bonds is 2. The standard InChI is InChI=1S/C8H12N2O2/c1-3-4-6(2)10-5-7(11)9-8(10)12/h4H,3,5H2,1-2H3,(H,9,11,12). The number of nitrogens with zero attached hydrogens (tertiary/aromatic N) is 1. The Morgan fingerprint density at radius 3 is 2.75 bits per heavy atom. The van der Waals surface area contributed by atoms with Gasteiger partial charge in [-0.25, -0.2) is 4.79 Å². The molecular formula is C8H12N2O2. The van der Waals surface area contributed by atoms with Gasteiger partial charge in [-0.15, -0.1) is 0 Å². The van der Waals surface area contributed by atoms with E-state index in [-0.39, 0.29) is 18.5 Å². The molecule has 3 amide bonds. The molecule has 0 aromatic rings. The Kier molecular flexibility index (Phi) is 2.47. The molecule has 0 saturated carbocycles. The molecule has 0 spiro atoms. The van der Waals surface area contributed by atoms with Crippen LogP contribution in [0, 0.1) is 0 Å².